The molecule has 0 spiro atoms. The Morgan fingerprint density at radius 3 is 2.61 bits per heavy atom. The van der Waals surface area contributed by atoms with E-state index < -0.39 is 0 Å². The molecule has 98 valence electrons. The molecule has 1 aliphatic rings. The lowest BCUT2D eigenvalue weighted by Crippen LogP contribution is -2.13. The smallest absolute Gasteiger partial charge is 0.153 e. The number of aromatic nitrogens is 2. The maximum Gasteiger partial charge on any atom is 0.153 e. The van der Waals surface area contributed by atoms with Gasteiger partial charge in [0.2, 0.25) is 0 Å². The van der Waals surface area contributed by atoms with E-state index in [1.807, 2.05) is 32.1 Å². The van der Waals surface area contributed by atoms with Gasteiger partial charge in [0.25, 0.3) is 0 Å². The largest absolute Gasteiger partial charge is 0.362 e. The predicted octanol–water partition coefficient (Wildman–Crippen LogP) is 3.44. The average Bonchev–Trinajstić information content (AvgIpc) is 2.38. The van der Waals surface area contributed by atoms with Crippen molar-refractivity contribution in [3.8, 4) is 0 Å². The number of hydrogen-bond donors (Lipinski definition) is 0. The molecule has 1 heterocycles. The first-order chi connectivity index (χ1) is 8.66. The van der Waals surface area contributed by atoms with E-state index in [2.05, 4.69) is 22.1 Å². The molecule has 1 aromatic heterocycles. The highest BCUT2D eigenvalue weighted by atomic mass is 15.1. The first kappa shape index (κ1) is 13.1. The first-order valence-corrected chi connectivity index (χ1v) is 6.86. The van der Waals surface area contributed by atoms with Crippen LogP contribution in [0.15, 0.2) is 12.3 Å². The third-order valence-electron chi connectivity index (χ3n) is 3.55. The Kier molecular flexibility index (Phi) is 4.34. The van der Waals surface area contributed by atoms with Crippen LogP contribution in [0.25, 0.3) is 6.08 Å². The van der Waals surface area contributed by atoms with Crippen LogP contribution in [-0.4, -0.2) is 24.1 Å². The van der Waals surface area contributed by atoms with Gasteiger partial charge in [-0.25, -0.2) is 9.97 Å². The molecule has 0 aromatic carbocycles. The summed E-state index contributed by atoms with van der Waals surface area (Å²) in [4.78, 5) is 11.0. The molecule has 0 saturated heterocycles. The second kappa shape index (κ2) is 5.98. The number of aryl methyl sites for hydroxylation is 1. The van der Waals surface area contributed by atoms with Gasteiger partial charge < -0.3 is 4.90 Å². The van der Waals surface area contributed by atoms with E-state index in [0.717, 1.165) is 23.1 Å². The van der Waals surface area contributed by atoms with Crippen molar-refractivity contribution in [2.75, 3.05) is 19.0 Å². The highest BCUT2D eigenvalue weighted by molar-refractivity contribution is 5.49. The molecular formula is C15H23N3. The van der Waals surface area contributed by atoms with Gasteiger partial charge in [-0.2, -0.15) is 0 Å². The zero-order valence-corrected chi connectivity index (χ0v) is 11.7. The number of nitrogens with zero attached hydrogens (tertiary/aromatic N) is 3. The lowest BCUT2D eigenvalue weighted by Gasteiger charge is -2.17. The Morgan fingerprint density at radius 1 is 1.22 bits per heavy atom. The Morgan fingerprint density at radius 2 is 1.94 bits per heavy atom. The summed E-state index contributed by atoms with van der Waals surface area (Å²) in [5.41, 5.74) is 1.12. The van der Waals surface area contributed by atoms with E-state index in [-0.39, 0.29) is 0 Å². The lowest BCUT2D eigenvalue weighted by molar-refractivity contribution is 0.420. The molecule has 0 aliphatic heterocycles. The summed E-state index contributed by atoms with van der Waals surface area (Å²) in [5.74, 6) is 2.56. The Balaban J connectivity index is 2.08. The number of rotatable bonds is 3. The van der Waals surface area contributed by atoms with Crippen LogP contribution in [-0.2, 0) is 0 Å². The minimum Gasteiger partial charge on any atom is -0.362 e. The molecule has 0 amide bonds. The van der Waals surface area contributed by atoms with Gasteiger partial charge in [0.15, 0.2) is 5.82 Å². The second-order valence-corrected chi connectivity index (χ2v) is 5.39. The van der Waals surface area contributed by atoms with E-state index in [4.69, 9.17) is 0 Å². The summed E-state index contributed by atoms with van der Waals surface area (Å²) in [6.07, 6.45) is 13.1. The fourth-order valence-electron chi connectivity index (χ4n) is 2.53. The van der Waals surface area contributed by atoms with Crippen LogP contribution < -0.4 is 4.90 Å². The van der Waals surface area contributed by atoms with Gasteiger partial charge in [-0.05, 0) is 31.8 Å². The van der Waals surface area contributed by atoms with Gasteiger partial charge in [0.05, 0.1) is 0 Å². The lowest BCUT2D eigenvalue weighted by atomic mass is 9.89. The molecule has 0 radical (unpaired) electrons. The Bertz CT molecular complexity index is 418. The van der Waals surface area contributed by atoms with Gasteiger partial charge in [-0.3, -0.25) is 0 Å². The van der Waals surface area contributed by atoms with Gasteiger partial charge >= 0.3 is 0 Å². The molecule has 3 nitrogen and oxygen atoms in total. The normalized spacial score (nSPS) is 17.3. The van der Waals surface area contributed by atoms with Crippen molar-refractivity contribution in [3.05, 3.63) is 23.7 Å². The van der Waals surface area contributed by atoms with Gasteiger partial charge in [-0.15, -0.1) is 0 Å². The number of allylic oxidation sites excluding steroid dienone is 1. The fourth-order valence-corrected chi connectivity index (χ4v) is 2.53. The standard InChI is InChI=1S/C15H23N3/c1-12-11-16-14(17-15(12)18(2)3)10-9-13-7-5-4-6-8-13/h9-11,13H,4-8H2,1-3H3. The fraction of sp³-hybridized carbons (Fsp3) is 0.600. The van der Waals surface area contributed by atoms with Crippen LogP contribution in [0.5, 0.6) is 0 Å². The number of anilines is 1. The molecule has 0 unspecified atom stereocenters. The van der Waals surface area contributed by atoms with Crippen LogP contribution in [0.2, 0.25) is 0 Å². The topological polar surface area (TPSA) is 29.0 Å². The summed E-state index contributed by atoms with van der Waals surface area (Å²) in [6.45, 7) is 2.05. The molecule has 1 saturated carbocycles. The zero-order chi connectivity index (χ0) is 13.0. The van der Waals surface area contributed by atoms with Crippen molar-refractivity contribution in [1.82, 2.24) is 9.97 Å². The van der Waals surface area contributed by atoms with Crippen LogP contribution in [0.4, 0.5) is 5.82 Å². The molecule has 1 aliphatic carbocycles. The number of hydrogen-bond acceptors (Lipinski definition) is 3. The third kappa shape index (κ3) is 3.31. The van der Waals surface area contributed by atoms with Crippen molar-refractivity contribution in [3.63, 3.8) is 0 Å². The summed E-state index contributed by atoms with van der Waals surface area (Å²) >= 11 is 0. The van der Waals surface area contributed by atoms with Crippen LogP contribution in [0.3, 0.4) is 0 Å². The Labute approximate surface area is 110 Å². The maximum absolute atomic E-state index is 4.58. The zero-order valence-electron chi connectivity index (χ0n) is 11.7. The van der Waals surface area contributed by atoms with Crippen molar-refractivity contribution < 1.29 is 0 Å². The third-order valence-corrected chi connectivity index (χ3v) is 3.55. The molecule has 0 bridgehead atoms. The van der Waals surface area contributed by atoms with Crippen molar-refractivity contribution in [1.29, 1.82) is 0 Å². The summed E-state index contributed by atoms with van der Waals surface area (Å²) in [7, 11) is 4.04. The highest BCUT2D eigenvalue weighted by Gasteiger charge is 2.10. The van der Waals surface area contributed by atoms with Gasteiger partial charge in [0, 0.05) is 25.9 Å². The van der Waals surface area contributed by atoms with Crippen LogP contribution in [0.1, 0.15) is 43.5 Å². The molecule has 2 rings (SSSR count). The summed E-state index contributed by atoms with van der Waals surface area (Å²) < 4.78 is 0. The van der Waals surface area contributed by atoms with E-state index in [0.29, 0.717) is 0 Å². The summed E-state index contributed by atoms with van der Waals surface area (Å²) in [6, 6.07) is 0. The minimum atomic E-state index is 0.728. The Hall–Kier alpha value is -1.38. The molecule has 1 aromatic rings. The van der Waals surface area contributed by atoms with Crippen molar-refractivity contribution in [2.24, 2.45) is 5.92 Å². The van der Waals surface area contributed by atoms with Crippen LogP contribution >= 0.6 is 0 Å². The SMILES string of the molecule is Cc1cnc(C=CC2CCCCC2)nc1N(C)C. The quantitative estimate of drug-likeness (QED) is 0.816. The second-order valence-electron chi connectivity index (χ2n) is 5.39. The molecule has 3 heteroatoms. The van der Waals surface area contributed by atoms with E-state index in [1.54, 1.807) is 0 Å². The first-order valence-electron chi connectivity index (χ1n) is 6.86. The van der Waals surface area contributed by atoms with E-state index in [9.17, 15) is 0 Å². The molecule has 1 fully saturated rings. The average molecular weight is 245 g/mol. The van der Waals surface area contributed by atoms with Gasteiger partial charge in [0.1, 0.15) is 5.82 Å². The monoisotopic (exact) mass is 245 g/mol. The molecular weight excluding hydrogens is 222 g/mol. The molecule has 0 atom stereocenters. The van der Waals surface area contributed by atoms with Crippen molar-refractivity contribution >= 4 is 11.9 Å². The van der Waals surface area contributed by atoms with E-state index in [1.165, 1.54) is 32.1 Å². The minimum absolute atomic E-state index is 0.728. The highest BCUT2D eigenvalue weighted by Crippen LogP contribution is 2.25. The predicted molar refractivity (Wildman–Crippen MR) is 76.7 cm³/mol. The maximum atomic E-state index is 4.58. The van der Waals surface area contributed by atoms with E-state index >= 15 is 0 Å². The van der Waals surface area contributed by atoms with Gasteiger partial charge in [-0.1, -0.05) is 25.3 Å². The summed E-state index contributed by atoms with van der Waals surface area (Å²) in [5, 5.41) is 0. The molecule has 0 N–H and O–H groups in total. The molecule has 18 heavy (non-hydrogen) atoms. The van der Waals surface area contributed by atoms with Crippen LogP contribution in [0, 0.1) is 12.8 Å². The van der Waals surface area contributed by atoms with Crippen molar-refractivity contribution in [2.45, 2.75) is 39.0 Å².